The van der Waals surface area contributed by atoms with Gasteiger partial charge >= 0.3 is 0 Å². The van der Waals surface area contributed by atoms with Gasteiger partial charge in [-0.2, -0.15) is 5.10 Å². The smallest absolute Gasteiger partial charge is 0.266 e. The van der Waals surface area contributed by atoms with E-state index in [2.05, 4.69) is 13.8 Å². The van der Waals surface area contributed by atoms with Crippen molar-refractivity contribution in [1.29, 1.82) is 0 Å². The number of nitrogens with zero attached hydrogens (tertiary/aromatic N) is 3. The molecule has 10 heteroatoms. The molecule has 198 valence electrons. The van der Waals surface area contributed by atoms with Gasteiger partial charge in [0.25, 0.3) is 5.91 Å². The van der Waals surface area contributed by atoms with Gasteiger partial charge in [0.05, 0.1) is 40.4 Å². The lowest BCUT2D eigenvalue weighted by molar-refractivity contribution is -0.123. The van der Waals surface area contributed by atoms with Crippen molar-refractivity contribution >= 4 is 50.1 Å². The van der Waals surface area contributed by atoms with Crippen LogP contribution >= 0.6 is 24.0 Å². The molecule has 2 aliphatic rings. The number of rotatable bonds is 8. The average molecular weight is 568 g/mol. The van der Waals surface area contributed by atoms with Gasteiger partial charge in [0, 0.05) is 17.3 Å². The third-order valence-electron chi connectivity index (χ3n) is 6.54. The second-order valence-electron chi connectivity index (χ2n) is 9.88. The van der Waals surface area contributed by atoms with E-state index < -0.39 is 15.9 Å². The van der Waals surface area contributed by atoms with Crippen LogP contribution in [-0.2, 0) is 14.6 Å². The molecule has 2 aromatic carbocycles. The topological polar surface area (TPSA) is 81.5 Å². The van der Waals surface area contributed by atoms with Crippen LogP contribution in [0.25, 0.3) is 23.0 Å². The number of carbonyl (C=O) groups is 1. The number of benzene rings is 2. The SMILES string of the molecule is CC(C)CCOc1ccc(-c2nn(-c3ccccc3)cc2/C=C2/SC(=S)N([C@@H]3CCS(=O)(=O)C3)C2=O)cc1. The lowest BCUT2D eigenvalue weighted by Crippen LogP contribution is -2.39. The average Bonchev–Trinajstić information content (AvgIpc) is 3.55. The second kappa shape index (κ2) is 11.0. The summed E-state index contributed by atoms with van der Waals surface area (Å²) in [6.45, 7) is 5.00. The van der Waals surface area contributed by atoms with E-state index in [4.69, 9.17) is 22.1 Å². The fourth-order valence-electron chi connectivity index (χ4n) is 4.47. The number of amides is 1. The van der Waals surface area contributed by atoms with Crippen molar-refractivity contribution in [3.8, 4) is 22.7 Å². The highest BCUT2D eigenvalue weighted by Gasteiger charge is 2.42. The molecule has 3 heterocycles. The molecule has 0 aliphatic carbocycles. The quantitative estimate of drug-likeness (QED) is 0.268. The standard InChI is InChI=1S/C28H29N3O4S3/c1-19(2)12-14-35-24-10-8-20(9-11-24)26-21(17-30(29-26)22-6-4-3-5-7-22)16-25-27(32)31(28(36)37-25)23-13-15-38(33,34)18-23/h3-11,16-17,19,23H,12-15,18H2,1-2H3/b25-16+/t23-/m1/s1. The van der Waals surface area contributed by atoms with Crippen molar-refractivity contribution in [2.24, 2.45) is 5.92 Å². The molecule has 0 saturated carbocycles. The predicted octanol–water partition coefficient (Wildman–Crippen LogP) is 5.35. The third-order valence-corrected chi connectivity index (χ3v) is 9.62. The molecule has 1 amide bonds. The minimum Gasteiger partial charge on any atom is -0.494 e. The molecule has 2 saturated heterocycles. The molecule has 0 unspecified atom stereocenters. The molecule has 0 N–H and O–H groups in total. The normalized spacial score (nSPS) is 20.1. The van der Waals surface area contributed by atoms with Crippen LogP contribution in [0.5, 0.6) is 5.75 Å². The Kier molecular flexibility index (Phi) is 7.74. The van der Waals surface area contributed by atoms with E-state index >= 15 is 0 Å². The molecule has 3 aromatic rings. The molecule has 38 heavy (non-hydrogen) atoms. The summed E-state index contributed by atoms with van der Waals surface area (Å²) in [6, 6.07) is 17.2. The first-order valence-corrected chi connectivity index (χ1v) is 15.6. The molecule has 1 aromatic heterocycles. The maximum atomic E-state index is 13.3. The van der Waals surface area contributed by atoms with Crippen LogP contribution < -0.4 is 4.74 Å². The van der Waals surface area contributed by atoms with E-state index in [1.165, 1.54) is 16.7 Å². The van der Waals surface area contributed by atoms with Crippen molar-refractivity contribution in [2.45, 2.75) is 32.7 Å². The van der Waals surface area contributed by atoms with Gasteiger partial charge in [-0.15, -0.1) is 0 Å². The van der Waals surface area contributed by atoms with Crippen molar-refractivity contribution in [2.75, 3.05) is 18.1 Å². The van der Waals surface area contributed by atoms with E-state index in [0.717, 1.165) is 34.7 Å². The summed E-state index contributed by atoms with van der Waals surface area (Å²) >= 11 is 6.70. The van der Waals surface area contributed by atoms with Crippen LogP contribution in [0.15, 0.2) is 65.7 Å². The highest BCUT2D eigenvalue weighted by atomic mass is 32.2. The van der Waals surface area contributed by atoms with Gasteiger partial charge in [0.1, 0.15) is 10.1 Å². The summed E-state index contributed by atoms with van der Waals surface area (Å²) in [4.78, 5) is 15.3. The number of hydrogen-bond donors (Lipinski definition) is 0. The zero-order valence-corrected chi connectivity index (χ0v) is 23.7. The maximum Gasteiger partial charge on any atom is 0.266 e. The lowest BCUT2D eigenvalue weighted by Gasteiger charge is -2.20. The van der Waals surface area contributed by atoms with Crippen LogP contribution in [-0.4, -0.2) is 57.5 Å². The second-order valence-corrected chi connectivity index (χ2v) is 13.8. The summed E-state index contributed by atoms with van der Waals surface area (Å²) < 4.78 is 32.1. The molecule has 0 bridgehead atoms. The summed E-state index contributed by atoms with van der Waals surface area (Å²) in [7, 11) is -3.15. The molecular formula is C28H29N3O4S3. The minimum atomic E-state index is -3.15. The third kappa shape index (κ3) is 5.87. The van der Waals surface area contributed by atoms with Gasteiger partial charge in [-0.05, 0) is 61.2 Å². The highest BCUT2D eigenvalue weighted by Crippen LogP contribution is 2.38. The number of ether oxygens (including phenoxy) is 1. The monoisotopic (exact) mass is 567 g/mol. The molecule has 5 rings (SSSR count). The fourth-order valence-corrected chi connectivity index (χ4v) is 7.56. The van der Waals surface area contributed by atoms with Gasteiger partial charge in [-0.3, -0.25) is 9.69 Å². The van der Waals surface area contributed by atoms with Crippen LogP contribution in [0.3, 0.4) is 0 Å². The van der Waals surface area contributed by atoms with Crippen LogP contribution in [0.2, 0.25) is 0 Å². The lowest BCUT2D eigenvalue weighted by atomic mass is 10.1. The van der Waals surface area contributed by atoms with Crippen molar-refractivity contribution in [1.82, 2.24) is 14.7 Å². The minimum absolute atomic E-state index is 0.0461. The van der Waals surface area contributed by atoms with Crippen molar-refractivity contribution in [3.63, 3.8) is 0 Å². The summed E-state index contributed by atoms with van der Waals surface area (Å²) in [5.74, 6) is 1.15. The van der Waals surface area contributed by atoms with Gasteiger partial charge < -0.3 is 4.74 Å². The number of aromatic nitrogens is 2. The predicted molar refractivity (Wildman–Crippen MR) is 156 cm³/mol. The van der Waals surface area contributed by atoms with E-state index in [1.807, 2.05) is 60.8 Å². The first-order chi connectivity index (χ1) is 18.2. The number of para-hydroxylation sites is 1. The Morgan fingerprint density at radius 3 is 2.55 bits per heavy atom. The molecule has 0 radical (unpaired) electrons. The van der Waals surface area contributed by atoms with Crippen LogP contribution in [0.1, 0.15) is 32.3 Å². The van der Waals surface area contributed by atoms with E-state index in [-0.39, 0.29) is 17.4 Å². The Balaban J connectivity index is 1.46. The molecule has 2 aliphatic heterocycles. The Labute approximate surface area is 232 Å². The highest BCUT2D eigenvalue weighted by molar-refractivity contribution is 8.26. The first kappa shape index (κ1) is 26.6. The molecular weight excluding hydrogens is 539 g/mol. The van der Waals surface area contributed by atoms with Crippen LogP contribution in [0.4, 0.5) is 0 Å². The Morgan fingerprint density at radius 2 is 1.89 bits per heavy atom. The number of hydrogen-bond acceptors (Lipinski definition) is 7. The van der Waals surface area contributed by atoms with Crippen molar-refractivity contribution in [3.05, 3.63) is 71.3 Å². The summed E-state index contributed by atoms with van der Waals surface area (Å²) in [6.07, 6.45) is 5.09. The summed E-state index contributed by atoms with van der Waals surface area (Å²) in [5, 5.41) is 4.85. The maximum absolute atomic E-state index is 13.3. The van der Waals surface area contributed by atoms with Gasteiger partial charge in [-0.25, -0.2) is 13.1 Å². The van der Waals surface area contributed by atoms with Crippen LogP contribution in [0, 0.1) is 5.92 Å². The largest absolute Gasteiger partial charge is 0.494 e. The number of thioether (sulfide) groups is 1. The molecule has 7 nitrogen and oxygen atoms in total. The molecule has 1 atom stereocenters. The zero-order chi connectivity index (χ0) is 26.9. The van der Waals surface area contributed by atoms with Crippen molar-refractivity contribution < 1.29 is 17.9 Å². The zero-order valence-electron chi connectivity index (χ0n) is 21.2. The Hall–Kier alpha value is -2.95. The Morgan fingerprint density at radius 1 is 1.16 bits per heavy atom. The Bertz CT molecular complexity index is 1480. The first-order valence-electron chi connectivity index (χ1n) is 12.6. The number of sulfone groups is 1. The van der Waals surface area contributed by atoms with Gasteiger partial charge in [0.15, 0.2) is 9.84 Å². The van der Waals surface area contributed by atoms with E-state index in [9.17, 15) is 13.2 Å². The van der Waals surface area contributed by atoms with E-state index in [0.29, 0.717) is 28.2 Å². The number of carbonyl (C=O) groups excluding carboxylic acids is 1. The fraction of sp³-hybridized carbons (Fsp3) is 0.321. The van der Waals surface area contributed by atoms with E-state index in [1.54, 1.807) is 10.8 Å². The van der Waals surface area contributed by atoms with Gasteiger partial charge in [0.2, 0.25) is 0 Å². The molecule has 0 spiro atoms. The van der Waals surface area contributed by atoms with Gasteiger partial charge in [-0.1, -0.05) is 56.0 Å². The molecule has 2 fully saturated rings. The number of thiocarbonyl (C=S) groups is 1. The summed E-state index contributed by atoms with van der Waals surface area (Å²) in [5.41, 5.74) is 3.27.